The molecule has 0 aliphatic rings. The van der Waals surface area contributed by atoms with Gasteiger partial charge in [0.25, 0.3) is 0 Å². The topological polar surface area (TPSA) is 78.9 Å². The van der Waals surface area contributed by atoms with E-state index in [1.54, 1.807) is 0 Å². The van der Waals surface area contributed by atoms with Crippen molar-refractivity contribution < 1.29 is 28.6 Å². The molecule has 0 aromatic rings. The average molecular weight is 695 g/mol. The molecule has 0 saturated heterocycles. The summed E-state index contributed by atoms with van der Waals surface area (Å²) in [5, 5.41) is 0. The molecule has 0 radical (unpaired) electrons. The highest BCUT2D eigenvalue weighted by Crippen LogP contribution is 2.17. The normalized spacial score (nSPS) is 12.6. The monoisotopic (exact) mass is 695 g/mol. The first-order valence-electron chi connectivity index (χ1n) is 21.3. The van der Waals surface area contributed by atoms with Gasteiger partial charge in [-0.3, -0.25) is 14.4 Å². The van der Waals surface area contributed by atoms with E-state index in [1.807, 2.05) is 0 Å². The Labute approximate surface area is 304 Å². The van der Waals surface area contributed by atoms with Crippen LogP contribution in [0.15, 0.2) is 0 Å². The summed E-state index contributed by atoms with van der Waals surface area (Å²) in [5.41, 5.74) is 0. The zero-order valence-corrected chi connectivity index (χ0v) is 33.3. The second-order valence-corrected chi connectivity index (χ2v) is 15.3. The molecule has 6 nitrogen and oxygen atoms in total. The summed E-state index contributed by atoms with van der Waals surface area (Å²) in [5.74, 6) is 0.797. The van der Waals surface area contributed by atoms with Crippen LogP contribution in [0.4, 0.5) is 0 Å². The zero-order valence-electron chi connectivity index (χ0n) is 33.3. The minimum atomic E-state index is -0.758. The fourth-order valence-electron chi connectivity index (χ4n) is 6.19. The molecule has 290 valence electrons. The van der Waals surface area contributed by atoms with Crippen molar-refractivity contribution in [2.24, 2.45) is 11.8 Å². The SMILES string of the molecule is CCCCCCCC(=O)OC[C@H](COC(=O)CCCCCCCCCCC(C)CC)OC(=O)CCCCCCCCCCCCCC(C)C. The van der Waals surface area contributed by atoms with Gasteiger partial charge in [0.2, 0.25) is 0 Å². The van der Waals surface area contributed by atoms with Gasteiger partial charge >= 0.3 is 17.9 Å². The molecule has 0 rings (SSSR count). The smallest absolute Gasteiger partial charge is 0.306 e. The fourth-order valence-corrected chi connectivity index (χ4v) is 6.19. The molecule has 0 N–H and O–H groups in total. The largest absolute Gasteiger partial charge is 0.462 e. The van der Waals surface area contributed by atoms with Crippen LogP contribution in [0.2, 0.25) is 0 Å². The standard InChI is InChI=1S/C43H82O6/c1-6-8-9-21-28-33-41(44)47-36-40(37-48-42(45)34-29-24-19-16-15-18-23-27-32-39(5)7-2)49-43(46)35-30-25-20-14-12-10-11-13-17-22-26-31-38(3)4/h38-40H,6-37H2,1-5H3/t39?,40-/m1/s1. The highest BCUT2D eigenvalue weighted by atomic mass is 16.6. The molecule has 2 atom stereocenters. The maximum absolute atomic E-state index is 12.6. The van der Waals surface area contributed by atoms with Crippen LogP contribution in [0, 0.1) is 11.8 Å². The molecule has 49 heavy (non-hydrogen) atoms. The quantitative estimate of drug-likeness (QED) is 0.0366. The molecular weight excluding hydrogens is 612 g/mol. The predicted octanol–water partition coefficient (Wildman–Crippen LogP) is 13.0. The predicted molar refractivity (Wildman–Crippen MR) is 206 cm³/mol. The van der Waals surface area contributed by atoms with E-state index >= 15 is 0 Å². The van der Waals surface area contributed by atoms with Crippen molar-refractivity contribution >= 4 is 17.9 Å². The van der Waals surface area contributed by atoms with Crippen molar-refractivity contribution in [3.63, 3.8) is 0 Å². The Morgan fingerprint density at radius 2 is 0.776 bits per heavy atom. The van der Waals surface area contributed by atoms with Crippen LogP contribution in [-0.2, 0) is 28.6 Å². The molecular formula is C43H82O6. The maximum atomic E-state index is 12.6. The van der Waals surface area contributed by atoms with Crippen LogP contribution in [0.3, 0.4) is 0 Å². The summed E-state index contributed by atoms with van der Waals surface area (Å²) in [4.78, 5) is 37.4. The van der Waals surface area contributed by atoms with E-state index in [4.69, 9.17) is 14.2 Å². The fraction of sp³-hybridized carbons (Fsp3) is 0.930. The highest BCUT2D eigenvalue weighted by Gasteiger charge is 2.19. The van der Waals surface area contributed by atoms with Gasteiger partial charge in [-0.25, -0.2) is 0 Å². The lowest BCUT2D eigenvalue weighted by Gasteiger charge is -2.18. The summed E-state index contributed by atoms with van der Waals surface area (Å²) in [6.07, 6.45) is 32.5. The Balaban J connectivity index is 4.24. The first-order chi connectivity index (χ1) is 23.8. The van der Waals surface area contributed by atoms with Crippen molar-refractivity contribution in [1.29, 1.82) is 0 Å². The number of rotatable bonds is 37. The van der Waals surface area contributed by atoms with Crippen molar-refractivity contribution in [3.8, 4) is 0 Å². The lowest BCUT2D eigenvalue weighted by molar-refractivity contribution is -0.167. The van der Waals surface area contributed by atoms with Gasteiger partial charge in [0, 0.05) is 19.3 Å². The second-order valence-electron chi connectivity index (χ2n) is 15.3. The number of carbonyl (C=O) groups is 3. The number of unbranched alkanes of at least 4 members (excludes halogenated alkanes) is 21. The van der Waals surface area contributed by atoms with Gasteiger partial charge < -0.3 is 14.2 Å². The Morgan fingerprint density at radius 3 is 1.16 bits per heavy atom. The molecule has 6 heteroatoms. The Kier molecular flexibility index (Phi) is 35.0. The Morgan fingerprint density at radius 1 is 0.429 bits per heavy atom. The first-order valence-corrected chi connectivity index (χ1v) is 21.3. The van der Waals surface area contributed by atoms with Gasteiger partial charge in [0.05, 0.1) is 0 Å². The third-order valence-electron chi connectivity index (χ3n) is 9.83. The van der Waals surface area contributed by atoms with Crippen molar-refractivity contribution in [2.45, 2.75) is 233 Å². The average Bonchev–Trinajstić information content (AvgIpc) is 3.08. The summed E-state index contributed by atoms with van der Waals surface area (Å²) in [6.45, 7) is 11.2. The van der Waals surface area contributed by atoms with Crippen LogP contribution >= 0.6 is 0 Å². The van der Waals surface area contributed by atoms with E-state index < -0.39 is 6.10 Å². The van der Waals surface area contributed by atoms with Crippen molar-refractivity contribution in [1.82, 2.24) is 0 Å². The van der Waals surface area contributed by atoms with Gasteiger partial charge in [0.1, 0.15) is 13.2 Å². The van der Waals surface area contributed by atoms with Gasteiger partial charge in [-0.2, -0.15) is 0 Å². The molecule has 1 unspecified atom stereocenters. The van der Waals surface area contributed by atoms with Crippen LogP contribution in [0.5, 0.6) is 0 Å². The lowest BCUT2D eigenvalue weighted by atomic mass is 9.99. The Bertz CT molecular complexity index is 751. The zero-order chi connectivity index (χ0) is 36.2. The van der Waals surface area contributed by atoms with Crippen molar-refractivity contribution in [3.05, 3.63) is 0 Å². The number of esters is 3. The number of carbonyl (C=O) groups excluding carboxylic acids is 3. The van der Waals surface area contributed by atoms with Crippen LogP contribution in [-0.4, -0.2) is 37.2 Å². The third-order valence-corrected chi connectivity index (χ3v) is 9.83. The van der Waals surface area contributed by atoms with E-state index in [2.05, 4.69) is 34.6 Å². The van der Waals surface area contributed by atoms with Gasteiger partial charge in [-0.15, -0.1) is 0 Å². The molecule has 0 amide bonds. The van der Waals surface area contributed by atoms with Crippen molar-refractivity contribution in [2.75, 3.05) is 13.2 Å². The number of hydrogen-bond donors (Lipinski definition) is 0. The minimum Gasteiger partial charge on any atom is -0.462 e. The van der Waals surface area contributed by atoms with E-state index in [0.717, 1.165) is 76.0 Å². The number of hydrogen-bond acceptors (Lipinski definition) is 6. The molecule has 0 bridgehead atoms. The Hall–Kier alpha value is -1.59. The maximum Gasteiger partial charge on any atom is 0.306 e. The van der Waals surface area contributed by atoms with Crippen LogP contribution in [0.25, 0.3) is 0 Å². The summed E-state index contributed by atoms with van der Waals surface area (Å²) >= 11 is 0. The molecule has 0 aromatic carbocycles. The molecule has 0 aliphatic heterocycles. The third kappa shape index (κ3) is 36.0. The minimum absolute atomic E-state index is 0.0667. The summed E-state index contributed by atoms with van der Waals surface area (Å²) < 4.78 is 16.6. The van der Waals surface area contributed by atoms with E-state index in [0.29, 0.717) is 19.3 Å². The lowest BCUT2D eigenvalue weighted by Crippen LogP contribution is -2.30. The van der Waals surface area contributed by atoms with E-state index in [9.17, 15) is 14.4 Å². The van der Waals surface area contributed by atoms with Gasteiger partial charge in [-0.05, 0) is 31.1 Å². The molecule has 0 spiro atoms. The van der Waals surface area contributed by atoms with E-state index in [1.165, 1.54) is 109 Å². The summed E-state index contributed by atoms with van der Waals surface area (Å²) in [7, 11) is 0. The molecule has 0 saturated carbocycles. The molecule has 0 fully saturated rings. The summed E-state index contributed by atoms with van der Waals surface area (Å²) in [6, 6.07) is 0. The molecule has 0 heterocycles. The first kappa shape index (κ1) is 47.4. The number of ether oxygens (including phenoxy) is 3. The highest BCUT2D eigenvalue weighted by molar-refractivity contribution is 5.71. The second kappa shape index (κ2) is 36.2. The van der Waals surface area contributed by atoms with E-state index in [-0.39, 0.29) is 31.1 Å². The molecule has 0 aromatic heterocycles. The van der Waals surface area contributed by atoms with Gasteiger partial charge in [0.15, 0.2) is 6.10 Å². The molecule has 0 aliphatic carbocycles. The van der Waals surface area contributed by atoms with Crippen LogP contribution < -0.4 is 0 Å². The van der Waals surface area contributed by atoms with Crippen LogP contribution in [0.1, 0.15) is 227 Å². The van der Waals surface area contributed by atoms with Gasteiger partial charge in [-0.1, -0.05) is 189 Å².